The number of nitrogens with two attached hydrogens (primary N) is 1. The molecule has 1 atom stereocenters. The smallest absolute Gasteiger partial charge is 0.128 e. The van der Waals surface area contributed by atoms with Crippen LogP contribution in [0.15, 0.2) is 18.3 Å². The molecule has 5 nitrogen and oxygen atoms in total. The molecule has 0 amide bonds. The van der Waals surface area contributed by atoms with Gasteiger partial charge in [0.25, 0.3) is 0 Å². The number of aromatic nitrogens is 1. The zero-order chi connectivity index (χ0) is 10.8. The first-order chi connectivity index (χ1) is 7.16. The van der Waals surface area contributed by atoms with E-state index in [1.807, 2.05) is 11.0 Å². The van der Waals surface area contributed by atoms with Gasteiger partial charge in [-0.15, -0.1) is 0 Å². The van der Waals surface area contributed by atoms with E-state index < -0.39 is 0 Å². The van der Waals surface area contributed by atoms with Gasteiger partial charge in [0.05, 0.1) is 6.10 Å². The number of β-amino-alcohol motifs (C(OH)–C–C–N with tert-alkyl or cyclic N) is 1. The number of nitrogens with zero attached hydrogens (tertiary/aromatic N) is 2. The summed E-state index contributed by atoms with van der Waals surface area (Å²) in [6.07, 6.45) is 2.12. The Labute approximate surface area is 88.0 Å². The van der Waals surface area contributed by atoms with Crippen LogP contribution >= 0.6 is 0 Å². The van der Waals surface area contributed by atoms with Gasteiger partial charge < -0.3 is 15.7 Å². The Morgan fingerprint density at radius 3 is 2.87 bits per heavy atom. The van der Waals surface area contributed by atoms with Crippen LogP contribution < -0.4 is 10.6 Å². The standard InChI is InChI=1S/C10H14N4O/c11-10(12)7-1-2-9(13-5-7)14-4-3-8(15)6-14/h1-2,5,8,15H,3-4,6H2,(H3,11,12). The molecule has 15 heavy (non-hydrogen) atoms. The fourth-order valence-electron chi connectivity index (χ4n) is 1.68. The number of aliphatic hydroxyl groups excluding tert-OH is 1. The number of aliphatic hydroxyl groups is 1. The summed E-state index contributed by atoms with van der Waals surface area (Å²) < 4.78 is 0. The highest BCUT2D eigenvalue weighted by atomic mass is 16.3. The molecule has 0 radical (unpaired) electrons. The summed E-state index contributed by atoms with van der Waals surface area (Å²) in [6, 6.07) is 3.60. The molecule has 80 valence electrons. The average molecular weight is 206 g/mol. The lowest BCUT2D eigenvalue weighted by Crippen LogP contribution is -2.22. The second-order valence-electron chi connectivity index (χ2n) is 3.71. The minimum atomic E-state index is -0.251. The average Bonchev–Trinajstić information content (AvgIpc) is 2.65. The molecule has 0 bridgehead atoms. The summed E-state index contributed by atoms with van der Waals surface area (Å²) in [5, 5.41) is 16.6. The number of nitrogens with one attached hydrogen (secondary N) is 1. The highest BCUT2D eigenvalue weighted by Crippen LogP contribution is 2.17. The van der Waals surface area contributed by atoms with E-state index in [1.54, 1.807) is 12.3 Å². The first kappa shape index (κ1) is 9.92. The van der Waals surface area contributed by atoms with Crippen molar-refractivity contribution in [3.63, 3.8) is 0 Å². The number of nitrogen functional groups attached to an aromatic ring is 1. The fraction of sp³-hybridized carbons (Fsp3) is 0.400. The normalized spacial score (nSPS) is 20.6. The van der Waals surface area contributed by atoms with Crippen LogP contribution in [0.25, 0.3) is 0 Å². The number of hydrogen-bond donors (Lipinski definition) is 3. The zero-order valence-electron chi connectivity index (χ0n) is 8.35. The van der Waals surface area contributed by atoms with E-state index in [0.717, 1.165) is 18.8 Å². The predicted octanol–water partition coefficient (Wildman–Crippen LogP) is -0.0633. The molecule has 1 unspecified atom stereocenters. The molecule has 0 aromatic carbocycles. The molecule has 1 fully saturated rings. The molecule has 1 aromatic rings. The van der Waals surface area contributed by atoms with Gasteiger partial charge in [-0.1, -0.05) is 0 Å². The molecule has 4 N–H and O–H groups in total. The first-order valence-electron chi connectivity index (χ1n) is 4.90. The van der Waals surface area contributed by atoms with Gasteiger partial charge in [0.15, 0.2) is 0 Å². The molecule has 0 saturated carbocycles. The highest BCUT2D eigenvalue weighted by Gasteiger charge is 2.20. The van der Waals surface area contributed by atoms with Crippen LogP contribution in [0.2, 0.25) is 0 Å². The zero-order valence-corrected chi connectivity index (χ0v) is 8.35. The number of anilines is 1. The Morgan fingerprint density at radius 1 is 1.60 bits per heavy atom. The fourth-order valence-corrected chi connectivity index (χ4v) is 1.68. The van der Waals surface area contributed by atoms with E-state index in [-0.39, 0.29) is 11.9 Å². The van der Waals surface area contributed by atoms with Crippen LogP contribution in [-0.2, 0) is 0 Å². The molecular formula is C10H14N4O. The largest absolute Gasteiger partial charge is 0.391 e. The second kappa shape index (κ2) is 3.86. The molecule has 1 saturated heterocycles. The van der Waals surface area contributed by atoms with E-state index in [1.165, 1.54) is 0 Å². The maximum atomic E-state index is 9.38. The maximum Gasteiger partial charge on any atom is 0.128 e. The van der Waals surface area contributed by atoms with E-state index in [9.17, 15) is 5.11 Å². The lowest BCUT2D eigenvalue weighted by atomic mass is 10.2. The predicted molar refractivity (Wildman–Crippen MR) is 58.1 cm³/mol. The van der Waals surface area contributed by atoms with Crippen molar-refractivity contribution in [3.8, 4) is 0 Å². The van der Waals surface area contributed by atoms with Crippen LogP contribution in [0.1, 0.15) is 12.0 Å². The third kappa shape index (κ3) is 2.07. The van der Waals surface area contributed by atoms with E-state index in [0.29, 0.717) is 12.1 Å². The van der Waals surface area contributed by atoms with Crippen LogP contribution in [0.5, 0.6) is 0 Å². The van der Waals surface area contributed by atoms with Crippen molar-refractivity contribution in [1.29, 1.82) is 5.41 Å². The number of pyridine rings is 1. The minimum Gasteiger partial charge on any atom is -0.391 e. The number of hydrogen-bond acceptors (Lipinski definition) is 4. The number of rotatable bonds is 2. The van der Waals surface area contributed by atoms with Crippen molar-refractivity contribution in [1.82, 2.24) is 4.98 Å². The third-order valence-electron chi connectivity index (χ3n) is 2.55. The summed E-state index contributed by atoms with van der Waals surface area (Å²) in [7, 11) is 0. The van der Waals surface area contributed by atoms with Gasteiger partial charge in [0.2, 0.25) is 0 Å². The SMILES string of the molecule is N=C(N)c1ccc(N2CCC(O)C2)nc1. The minimum absolute atomic E-state index is 0.0236. The van der Waals surface area contributed by atoms with Crippen molar-refractivity contribution >= 4 is 11.7 Å². The summed E-state index contributed by atoms with van der Waals surface area (Å²) in [5.74, 6) is 0.854. The molecule has 5 heteroatoms. The molecule has 1 aromatic heterocycles. The van der Waals surface area contributed by atoms with Crippen LogP contribution in [0.4, 0.5) is 5.82 Å². The Morgan fingerprint density at radius 2 is 2.40 bits per heavy atom. The quantitative estimate of drug-likeness (QED) is 0.467. The van der Waals surface area contributed by atoms with Crippen molar-refractivity contribution in [2.75, 3.05) is 18.0 Å². The van der Waals surface area contributed by atoms with E-state index in [4.69, 9.17) is 11.1 Å². The Bertz CT molecular complexity index is 362. The van der Waals surface area contributed by atoms with E-state index >= 15 is 0 Å². The van der Waals surface area contributed by atoms with Crippen LogP contribution in [0.3, 0.4) is 0 Å². The molecule has 1 aliphatic heterocycles. The monoisotopic (exact) mass is 206 g/mol. The van der Waals surface area contributed by atoms with Gasteiger partial charge >= 0.3 is 0 Å². The van der Waals surface area contributed by atoms with Gasteiger partial charge in [-0.25, -0.2) is 4.98 Å². The molecule has 0 aliphatic carbocycles. The second-order valence-corrected chi connectivity index (χ2v) is 3.71. The number of amidine groups is 1. The third-order valence-corrected chi connectivity index (χ3v) is 2.55. The lowest BCUT2D eigenvalue weighted by Gasteiger charge is -2.16. The lowest BCUT2D eigenvalue weighted by molar-refractivity contribution is 0.198. The molecule has 2 heterocycles. The van der Waals surface area contributed by atoms with Crippen LogP contribution in [-0.4, -0.2) is 35.1 Å². The molecule has 1 aliphatic rings. The summed E-state index contributed by atoms with van der Waals surface area (Å²) in [5.41, 5.74) is 5.95. The van der Waals surface area contributed by atoms with Crippen molar-refractivity contribution in [2.24, 2.45) is 5.73 Å². The summed E-state index contributed by atoms with van der Waals surface area (Å²) >= 11 is 0. The van der Waals surface area contributed by atoms with Crippen molar-refractivity contribution < 1.29 is 5.11 Å². The van der Waals surface area contributed by atoms with Gasteiger partial charge in [0, 0.05) is 24.8 Å². The first-order valence-corrected chi connectivity index (χ1v) is 4.90. The Hall–Kier alpha value is -1.62. The van der Waals surface area contributed by atoms with E-state index in [2.05, 4.69) is 4.98 Å². The van der Waals surface area contributed by atoms with Gasteiger partial charge in [0.1, 0.15) is 11.7 Å². The Balaban J connectivity index is 2.13. The molecule has 2 rings (SSSR count). The summed E-state index contributed by atoms with van der Waals surface area (Å²) in [4.78, 5) is 6.23. The van der Waals surface area contributed by atoms with Gasteiger partial charge in [-0.05, 0) is 18.6 Å². The van der Waals surface area contributed by atoms with Gasteiger partial charge in [-0.2, -0.15) is 0 Å². The highest BCUT2D eigenvalue weighted by molar-refractivity contribution is 5.94. The summed E-state index contributed by atoms with van der Waals surface area (Å²) in [6.45, 7) is 1.46. The van der Waals surface area contributed by atoms with Crippen molar-refractivity contribution in [3.05, 3.63) is 23.9 Å². The van der Waals surface area contributed by atoms with Gasteiger partial charge in [-0.3, -0.25) is 5.41 Å². The molecule has 0 spiro atoms. The van der Waals surface area contributed by atoms with Crippen LogP contribution in [0, 0.1) is 5.41 Å². The maximum absolute atomic E-state index is 9.38. The van der Waals surface area contributed by atoms with Crippen molar-refractivity contribution in [2.45, 2.75) is 12.5 Å². The topological polar surface area (TPSA) is 86.2 Å². The Kier molecular flexibility index (Phi) is 2.55. The molecular weight excluding hydrogens is 192 g/mol.